The van der Waals surface area contributed by atoms with Crippen LogP contribution in [0.1, 0.15) is 45.7 Å². The Morgan fingerprint density at radius 1 is 1.26 bits per heavy atom. The number of nitrogen functional groups attached to an aromatic ring is 1. The lowest BCUT2D eigenvalue weighted by atomic mass is 10.1. The highest BCUT2D eigenvalue weighted by Gasteiger charge is 2.24. The Labute approximate surface area is 179 Å². The van der Waals surface area contributed by atoms with Crippen molar-refractivity contribution in [3.05, 3.63) is 65.4 Å². The van der Waals surface area contributed by atoms with Crippen molar-refractivity contribution in [1.29, 1.82) is 5.41 Å². The standard InChI is InChI=1S/C21H25N7O3/c22-10-16(28-21(31)18-19(23)26-7-6-25-18)12-24-11-13-2-1-3-14(8-13)20(30)27-15-4-5-17(29)9-15/h1-3,6-8,10,12,15,17,22,24,29H,4-5,9,11H2,(H2,23,26)(H,27,30)(H,28,31)/p+1/b16-12+,22-10?/t15-,17+/m0/s1. The molecule has 0 bridgehead atoms. The van der Waals surface area contributed by atoms with Gasteiger partial charge in [0.1, 0.15) is 18.4 Å². The third-order valence-corrected chi connectivity index (χ3v) is 4.94. The summed E-state index contributed by atoms with van der Waals surface area (Å²) < 4.78 is 0. The summed E-state index contributed by atoms with van der Waals surface area (Å²) in [4.78, 5) is 32.4. The molecule has 8 N–H and O–H groups in total. The van der Waals surface area contributed by atoms with E-state index in [0.29, 0.717) is 24.9 Å². The Balaban J connectivity index is 1.56. The molecule has 0 radical (unpaired) electrons. The third-order valence-electron chi connectivity index (χ3n) is 4.94. The molecule has 0 spiro atoms. The fourth-order valence-electron chi connectivity index (χ4n) is 3.36. The maximum atomic E-state index is 12.5. The first-order valence-corrected chi connectivity index (χ1v) is 9.96. The molecule has 1 aromatic carbocycles. The molecule has 1 fully saturated rings. The monoisotopic (exact) mass is 424 g/mol. The average molecular weight is 424 g/mol. The molecule has 1 heterocycles. The predicted molar refractivity (Wildman–Crippen MR) is 114 cm³/mol. The molecule has 1 aromatic heterocycles. The van der Waals surface area contributed by atoms with Gasteiger partial charge < -0.3 is 32.2 Å². The summed E-state index contributed by atoms with van der Waals surface area (Å²) >= 11 is 0. The van der Waals surface area contributed by atoms with Gasteiger partial charge in [0.15, 0.2) is 11.5 Å². The minimum Gasteiger partial charge on any atom is -0.393 e. The summed E-state index contributed by atoms with van der Waals surface area (Å²) in [7, 11) is 0. The summed E-state index contributed by atoms with van der Waals surface area (Å²) in [6.07, 6.45) is 7.10. The minimum atomic E-state index is -0.551. The quantitative estimate of drug-likeness (QED) is 0.317. The van der Waals surface area contributed by atoms with E-state index in [0.717, 1.165) is 18.2 Å². The zero-order chi connectivity index (χ0) is 22.2. The maximum absolute atomic E-state index is 12.5. The van der Waals surface area contributed by atoms with Gasteiger partial charge in [-0.15, -0.1) is 0 Å². The van der Waals surface area contributed by atoms with Crippen LogP contribution < -0.4 is 21.7 Å². The lowest BCUT2D eigenvalue weighted by Crippen LogP contribution is -2.76. The topological polar surface area (TPSA) is 171 Å². The number of hydrogen-bond acceptors (Lipinski definition) is 7. The number of rotatable bonds is 8. The van der Waals surface area contributed by atoms with Gasteiger partial charge in [0.25, 0.3) is 11.8 Å². The van der Waals surface area contributed by atoms with Crippen LogP contribution in [0.25, 0.3) is 0 Å². The van der Waals surface area contributed by atoms with Gasteiger partial charge in [-0.1, -0.05) is 12.1 Å². The van der Waals surface area contributed by atoms with E-state index in [1.807, 2.05) is 6.07 Å². The second-order valence-electron chi connectivity index (χ2n) is 7.29. The molecule has 0 aliphatic heterocycles. The second-order valence-corrected chi connectivity index (χ2v) is 7.29. The van der Waals surface area contributed by atoms with Gasteiger partial charge in [-0.3, -0.25) is 9.59 Å². The number of aliphatic hydroxyl groups excluding tert-OH is 1. The Bertz CT molecular complexity index is 992. The van der Waals surface area contributed by atoms with Gasteiger partial charge in [-0.2, -0.15) is 0 Å². The number of nitrogens with zero attached hydrogens (tertiary/aromatic N) is 2. The molecule has 0 unspecified atom stereocenters. The van der Waals surface area contributed by atoms with Crippen molar-refractivity contribution < 1.29 is 20.0 Å². The molecule has 10 nitrogen and oxygen atoms in total. The lowest BCUT2D eigenvalue weighted by molar-refractivity contribution is -0.605. The van der Waals surface area contributed by atoms with Crippen LogP contribution in [0.2, 0.25) is 0 Å². The first-order valence-electron chi connectivity index (χ1n) is 9.96. The van der Waals surface area contributed by atoms with E-state index in [1.165, 1.54) is 12.4 Å². The fourth-order valence-corrected chi connectivity index (χ4v) is 3.36. The van der Waals surface area contributed by atoms with Crippen LogP contribution in [0.15, 0.2) is 48.6 Å². The fraction of sp³-hybridized carbons (Fsp3) is 0.286. The highest BCUT2D eigenvalue weighted by atomic mass is 16.3. The number of quaternary nitrogens is 1. The third kappa shape index (κ3) is 6.17. The van der Waals surface area contributed by atoms with E-state index in [-0.39, 0.29) is 35.3 Å². The van der Waals surface area contributed by atoms with Crippen LogP contribution in [-0.4, -0.2) is 45.2 Å². The van der Waals surface area contributed by atoms with E-state index in [2.05, 4.69) is 20.6 Å². The number of aliphatic hydroxyl groups is 1. The molecule has 162 valence electrons. The van der Waals surface area contributed by atoms with E-state index in [4.69, 9.17) is 11.1 Å². The molecule has 1 aliphatic carbocycles. The number of allylic oxidation sites excluding steroid dienone is 1. The molecule has 3 rings (SSSR count). The molecular formula is C21H26N7O3+. The number of nitrogens with two attached hydrogens (primary N) is 2. The van der Waals surface area contributed by atoms with Crippen LogP contribution >= 0.6 is 0 Å². The van der Waals surface area contributed by atoms with Gasteiger partial charge in [0, 0.05) is 35.8 Å². The zero-order valence-corrected chi connectivity index (χ0v) is 16.9. The highest BCUT2D eigenvalue weighted by Crippen LogP contribution is 2.19. The summed E-state index contributed by atoms with van der Waals surface area (Å²) in [5, 5.41) is 24.4. The Kier molecular flexibility index (Phi) is 7.41. The number of hydrogen-bond donors (Lipinski definition) is 6. The largest absolute Gasteiger partial charge is 0.393 e. The first-order chi connectivity index (χ1) is 15.0. The van der Waals surface area contributed by atoms with Crippen LogP contribution in [-0.2, 0) is 6.54 Å². The first kappa shape index (κ1) is 22.1. The number of amides is 2. The van der Waals surface area contributed by atoms with Gasteiger partial charge in [-0.05, 0) is 31.4 Å². The van der Waals surface area contributed by atoms with Crippen molar-refractivity contribution in [3.63, 3.8) is 0 Å². The zero-order valence-electron chi connectivity index (χ0n) is 16.9. The van der Waals surface area contributed by atoms with Crippen molar-refractivity contribution in [1.82, 2.24) is 20.6 Å². The molecule has 2 atom stereocenters. The number of anilines is 1. The van der Waals surface area contributed by atoms with Crippen molar-refractivity contribution in [2.75, 3.05) is 5.73 Å². The molecule has 10 heteroatoms. The van der Waals surface area contributed by atoms with Gasteiger partial charge in [0.05, 0.1) is 6.10 Å². The van der Waals surface area contributed by atoms with E-state index >= 15 is 0 Å². The Morgan fingerprint density at radius 3 is 2.77 bits per heavy atom. The van der Waals surface area contributed by atoms with Crippen molar-refractivity contribution in [2.24, 2.45) is 0 Å². The average Bonchev–Trinajstić information content (AvgIpc) is 3.17. The number of aromatic nitrogens is 2. The van der Waals surface area contributed by atoms with Gasteiger partial charge >= 0.3 is 0 Å². The van der Waals surface area contributed by atoms with Gasteiger partial charge in [0.2, 0.25) is 0 Å². The minimum absolute atomic E-state index is 0.00255. The van der Waals surface area contributed by atoms with E-state index in [9.17, 15) is 14.7 Å². The number of carbonyl (C=O) groups excluding carboxylic acids is 2. The highest BCUT2D eigenvalue weighted by molar-refractivity contribution is 5.99. The molecule has 1 saturated carbocycles. The second kappa shape index (κ2) is 10.4. The number of nitrogens with one attached hydrogen (secondary N) is 3. The van der Waals surface area contributed by atoms with Crippen molar-refractivity contribution >= 4 is 23.8 Å². The molecule has 2 amide bonds. The summed E-state index contributed by atoms with van der Waals surface area (Å²) in [6.45, 7) is 0.504. The number of benzene rings is 1. The van der Waals surface area contributed by atoms with Crippen LogP contribution in [0.5, 0.6) is 0 Å². The van der Waals surface area contributed by atoms with E-state index < -0.39 is 5.91 Å². The van der Waals surface area contributed by atoms with Crippen molar-refractivity contribution in [2.45, 2.75) is 38.0 Å². The summed E-state index contributed by atoms with van der Waals surface area (Å²) in [5.41, 5.74) is 7.36. The van der Waals surface area contributed by atoms with Crippen molar-refractivity contribution in [3.8, 4) is 0 Å². The molecule has 0 saturated heterocycles. The van der Waals surface area contributed by atoms with Crippen LogP contribution in [0.4, 0.5) is 5.82 Å². The SMILES string of the molecule is N=C/C(=C\[NH2+]Cc1cccc(C(=O)N[C@H]2CC[C@@H](O)C2)c1)NC(=O)c1nccnc1N. The predicted octanol–water partition coefficient (Wildman–Crippen LogP) is -0.314. The van der Waals surface area contributed by atoms with E-state index in [1.54, 1.807) is 29.7 Å². The summed E-state index contributed by atoms with van der Waals surface area (Å²) in [6, 6.07) is 7.25. The molecule has 1 aliphatic rings. The Hall–Kier alpha value is -3.63. The smallest absolute Gasteiger partial charge is 0.278 e. The Morgan fingerprint density at radius 2 is 2.06 bits per heavy atom. The molecule has 31 heavy (non-hydrogen) atoms. The maximum Gasteiger partial charge on any atom is 0.278 e. The summed E-state index contributed by atoms with van der Waals surface area (Å²) in [5.74, 6) is -0.703. The molecule has 2 aromatic rings. The van der Waals surface area contributed by atoms with Gasteiger partial charge in [-0.25, -0.2) is 9.97 Å². The normalized spacial score (nSPS) is 18.4. The van der Waals surface area contributed by atoms with Crippen LogP contribution in [0.3, 0.4) is 0 Å². The lowest BCUT2D eigenvalue weighted by Gasteiger charge is -2.12. The number of carbonyl (C=O) groups is 2. The van der Waals surface area contributed by atoms with Crippen LogP contribution in [0, 0.1) is 5.41 Å². The molecular weight excluding hydrogens is 398 g/mol.